The zero-order valence-electron chi connectivity index (χ0n) is 24.4. The summed E-state index contributed by atoms with van der Waals surface area (Å²) in [6.07, 6.45) is 6.50. The number of phenolic OH excluding ortho intramolecular Hbond substituents is 1. The van der Waals surface area contributed by atoms with Crippen molar-refractivity contribution in [3.05, 3.63) is 77.4 Å². The third kappa shape index (κ3) is 5.71. The molecule has 1 fully saturated rings. The summed E-state index contributed by atoms with van der Waals surface area (Å²) in [6.45, 7) is 2.95. The second-order valence-corrected chi connectivity index (χ2v) is 11.8. The van der Waals surface area contributed by atoms with Gasteiger partial charge in [0.15, 0.2) is 0 Å². The Morgan fingerprint density at radius 2 is 1.86 bits per heavy atom. The number of ether oxygens (including phenoxy) is 2. The molecule has 0 saturated heterocycles. The van der Waals surface area contributed by atoms with Crippen LogP contribution >= 0.6 is 0 Å². The Labute approximate surface area is 247 Å². The van der Waals surface area contributed by atoms with Gasteiger partial charge in [0.25, 0.3) is 5.91 Å². The van der Waals surface area contributed by atoms with Crippen LogP contribution in [0.1, 0.15) is 72.9 Å². The molecule has 0 spiro atoms. The molecule has 1 aliphatic carbocycles. The van der Waals surface area contributed by atoms with Crippen molar-refractivity contribution in [2.45, 2.75) is 76.5 Å². The highest BCUT2D eigenvalue weighted by Crippen LogP contribution is 2.47. The highest BCUT2D eigenvalue weighted by atomic mass is 16.5. The molecule has 2 heterocycles. The molecule has 1 saturated carbocycles. The molecule has 1 amide bonds. The first-order chi connectivity index (χ1) is 20.4. The quantitative estimate of drug-likeness (QED) is 0.223. The summed E-state index contributed by atoms with van der Waals surface area (Å²) >= 11 is 0. The van der Waals surface area contributed by atoms with Crippen molar-refractivity contribution in [1.29, 1.82) is 0 Å². The number of rotatable bonds is 8. The Bertz CT molecular complexity index is 1570. The summed E-state index contributed by atoms with van der Waals surface area (Å²) in [7, 11) is 1.67. The number of nitrogens with one attached hydrogen (secondary N) is 1. The number of benzene rings is 3. The van der Waals surface area contributed by atoms with E-state index in [0.29, 0.717) is 37.5 Å². The zero-order chi connectivity index (χ0) is 29.2. The molecule has 42 heavy (non-hydrogen) atoms. The standard InChI is InChI=1S/C35H40N2O5/c1-22(38)18-26(19-23-8-11-27(39)12-9-23)36-35(40)25-10-14-29-31(20-25)37-16-17-42-32-21-28(41-2)13-15-30(32)34(37)33(29)24-6-4-3-5-7-24/h8-15,20-22,24,26,38-39H,3-7,16-19H2,1-2H3,(H,36,40)/t22?,26-/m1/s1. The van der Waals surface area contributed by atoms with Crippen LogP contribution in [0.3, 0.4) is 0 Å². The van der Waals surface area contributed by atoms with Crippen LogP contribution in [-0.2, 0) is 13.0 Å². The molecular formula is C35H40N2O5. The van der Waals surface area contributed by atoms with Crippen molar-refractivity contribution in [3.8, 4) is 28.5 Å². The van der Waals surface area contributed by atoms with Gasteiger partial charge in [-0.1, -0.05) is 37.5 Å². The van der Waals surface area contributed by atoms with E-state index in [-0.39, 0.29) is 17.7 Å². The van der Waals surface area contributed by atoms with E-state index in [1.54, 1.807) is 26.2 Å². The minimum absolute atomic E-state index is 0.161. The predicted molar refractivity (Wildman–Crippen MR) is 165 cm³/mol. The number of nitrogens with zero attached hydrogens (tertiary/aromatic N) is 1. The summed E-state index contributed by atoms with van der Waals surface area (Å²) in [5, 5.41) is 24.2. The lowest BCUT2D eigenvalue weighted by molar-refractivity contribution is 0.0917. The average Bonchev–Trinajstić information content (AvgIpc) is 3.19. The third-order valence-electron chi connectivity index (χ3n) is 8.77. The maximum Gasteiger partial charge on any atom is 0.251 e. The molecule has 7 heteroatoms. The Morgan fingerprint density at radius 1 is 1.07 bits per heavy atom. The fourth-order valence-electron chi connectivity index (χ4n) is 6.83. The van der Waals surface area contributed by atoms with Crippen molar-refractivity contribution < 1.29 is 24.5 Å². The number of methoxy groups -OCH3 is 1. The van der Waals surface area contributed by atoms with Gasteiger partial charge in [-0.25, -0.2) is 0 Å². The van der Waals surface area contributed by atoms with E-state index in [9.17, 15) is 15.0 Å². The van der Waals surface area contributed by atoms with Gasteiger partial charge in [0, 0.05) is 34.1 Å². The molecule has 0 bridgehead atoms. The lowest BCUT2D eigenvalue weighted by Gasteiger charge is -2.23. The van der Waals surface area contributed by atoms with Crippen molar-refractivity contribution in [1.82, 2.24) is 9.88 Å². The maximum atomic E-state index is 13.7. The van der Waals surface area contributed by atoms with Gasteiger partial charge in [-0.05, 0) is 86.1 Å². The number of aliphatic hydroxyl groups excluding tert-OH is 1. The molecule has 2 atom stereocenters. The minimum atomic E-state index is -0.562. The number of amides is 1. The van der Waals surface area contributed by atoms with E-state index in [4.69, 9.17) is 9.47 Å². The van der Waals surface area contributed by atoms with E-state index in [2.05, 4.69) is 22.0 Å². The Balaban J connectivity index is 1.39. The van der Waals surface area contributed by atoms with Crippen LogP contribution in [0.4, 0.5) is 0 Å². The van der Waals surface area contributed by atoms with Gasteiger partial charge in [-0.2, -0.15) is 0 Å². The molecule has 220 valence electrons. The second-order valence-electron chi connectivity index (χ2n) is 11.8. The fourth-order valence-corrected chi connectivity index (χ4v) is 6.83. The molecule has 3 aromatic carbocycles. The molecule has 6 rings (SSSR count). The number of aromatic nitrogens is 1. The summed E-state index contributed by atoms with van der Waals surface area (Å²) in [5.74, 6) is 2.11. The van der Waals surface area contributed by atoms with E-state index in [0.717, 1.165) is 28.1 Å². The second kappa shape index (κ2) is 12.1. The summed E-state index contributed by atoms with van der Waals surface area (Å²) in [4.78, 5) is 13.7. The van der Waals surface area contributed by atoms with Gasteiger partial charge in [-0.3, -0.25) is 4.79 Å². The molecule has 3 N–H and O–H groups in total. The molecule has 0 radical (unpaired) electrons. The number of phenols is 1. The molecule has 2 aliphatic rings. The first-order valence-electron chi connectivity index (χ1n) is 15.2. The van der Waals surface area contributed by atoms with Crippen LogP contribution in [0.5, 0.6) is 17.2 Å². The normalized spacial score (nSPS) is 16.5. The van der Waals surface area contributed by atoms with Crippen molar-refractivity contribution in [3.63, 3.8) is 0 Å². The van der Waals surface area contributed by atoms with Gasteiger partial charge in [0.2, 0.25) is 0 Å². The smallest absolute Gasteiger partial charge is 0.251 e. The monoisotopic (exact) mass is 568 g/mol. The maximum absolute atomic E-state index is 13.7. The van der Waals surface area contributed by atoms with Crippen LogP contribution in [0.2, 0.25) is 0 Å². The zero-order valence-corrected chi connectivity index (χ0v) is 24.4. The lowest BCUT2D eigenvalue weighted by Crippen LogP contribution is -2.38. The Hall–Kier alpha value is -3.97. The van der Waals surface area contributed by atoms with Gasteiger partial charge in [0.1, 0.15) is 23.9 Å². The van der Waals surface area contributed by atoms with Crippen LogP contribution in [-0.4, -0.2) is 46.5 Å². The Kier molecular flexibility index (Phi) is 8.11. The number of hydrogen-bond acceptors (Lipinski definition) is 5. The molecular weight excluding hydrogens is 528 g/mol. The highest BCUT2D eigenvalue weighted by molar-refractivity contribution is 6.01. The number of fused-ring (bicyclic) bond motifs is 5. The molecule has 1 unspecified atom stereocenters. The van der Waals surface area contributed by atoms with E-state index in [1.165, 1.54) is 48.7 Å². The van der Waals surface area contributed by atoms with E-state index >= 15 is 0 Å². The van der Waals surface area contributed by atoms with E-state index in [1.807, 2.05) is 36.4 Å². The Morgan fingerprint density at radius 3 is 2.60 bits per heavy atom. The van der Waals surface area contributed by atoms with Crippen LogP contribution in [0.15, 0.2) is 60.7 Å². The number of aliphatic hydroxyl groups is 1. The summed E-state index contributed by atoms with van der Waals surface area (Å²) in [5.41, 5.74) is 6.27. The predicted octanol–water partition coefficient (Wildman–Crippen LogP) is 6.57. The average molecular weight is 569 g/mol. The van der Waals surface area contributed by atoms with Gasteiger partial charge in [0.05, 0.1) is 25.5 Å². The minimum Gasteiger partial charge on any atom is -0.508 e. The number of aromatic hydroxyl groups is 1. The molecule has 1 aromatic heterocycles. The van der Waals surface area contributed by atoms with Gasteiger partial charge in [-0.15, -0.1) is 0 Å². The molecule has 1 aliphatic heterocycles. The first kappa shape index (κ1) is 28.2. The van der Waals surface area contributed by atoms with E-state index < -0.39 is 6.10 Å². The van der Waals surface area contributed by atoms with Crippen LogP contribution in [0.25, 0.3) is 22.2 Å². The van der Waals surface area contributed by atoms with Gasteiger partial charge >= 0.3 is 0 Å². The molecule has 7 nitrogen and oxygen atoms in total. The summed E-state index contributed by atoms with van der Waals surface area (Å²) in [6, 6.07) is 18.9. The fraction of sp³-hybridized carbons (Fsp3) is 0.400. The first-order valence-corrected chi connectivity index (χ1v) is 15.2. The van der Waals surface area contributed by atoms with Crippen LogP contribution < -0.4 is 14.8 Å². The highest BCUT2D eigenvalue weighted by Gasteiger charge is 2.30. The van der Waals surface area contributed by atoms with Gasteiger partial charge < -0.3 is 29.6 Å². The summed E-state index contributed by atoms with van der Waals surface area (Å²) < 4.78 is 14.1. The topological polar surface area (TPSA) is 93.0 Å². The van der Waals surface area contributed by atoms with Crippen molar-refractivity contribution in [2.75, 3.05) is 13.7 Å². The van der Waals surface area contributed by atoms with Crippen LogP contribution in [0, 0.1) is 0 Å². The number of carbonyl (C=O) groups excluding carboxylic acids is 1. The number of carbonyl (C=O) groups is 1. The largest absolute Gasteiger partial charge is 0.508 e. The SMILES string of the molecule is COc1ccc2c(c1)OCCn1c-2c(C2CCCCC2)c2ccc(C(=O)N[C@@H](Cc3ccc(O)cc3)CC(C)O)cc21. The van der Waals surface area contributed by atoms with Crippen molar-refractivity contribution in [2.24, 2.45) is 0 Å². The number of hydrogen-bond donors (Lipinski definition) is 3. The third-order valence-corrected chi connectivity index (χ3v) is 8.77. The lowest BCUT2D eigenvalue weighted by atomic mass is 9.81. The van der Waals surface area contributed by atoms with Crippen molar-refractivity contribution >= 4 is 16.8 Å². The molecule has 4 aromatic rings.